The molecule has 0 heterocycles. The fraction of sp³-hybridized carbons (Fsp3) is 0.625. The maximum Gasteiger partial charge on any atom is 0.126 e. The van der Waals surface area contributed by atoms with Gasteiger partial charge in [0.15, 0.2) is 0 Å². The molecule has 3 heteroatoms. The SMILES string of the molecule is COc1ccc(C23CCC(O)(CC2)CC3)c(OC)c1. The topological polar surface area (TPSA) is 38.7 Å². The van der Waals surface area contributed by atoms with Gasteiger partial charge in [0.2, 0.25) is 0 Å². The molecule has 1 N–H and O–H groups in total. The summed E-state index contributed by atoms with van der Waals surface area (Å²) in [5, 5.41) is 10.3. The van der Waals surface area contributed by atoms with Crippen molar-refractivity contribution in [1.29, 1.82) is 0 Å². The van der Waals surface area contributed by atoms with E-state index in [2.05, 4.69) is 6.07 Å². The minimum Gasteiger partial charge on any atom is -0.497 e. The summed E-state index contributed by atoms with van der Waals surface area (Å²) >= 11 is 0. The van der Waals surface area contributed by atoms with Crippen LogP contribution in [0, 0.1) is 0 Å². The monoisotopic (exact) mass is 262 g/mol. The second-order valence-electron chi connectivity index (χ2n) is 6.07. The van der Waals surface area contributed by atoms with Gasteiger partial charge in [-0.15, -0.1) is 0 Å². The number of benzene rings is 1. The maximum absolute atomic E-state index is 10.3. The Morgan fingerprint density at radius 2 is 1.58 bits per heavy atom. The summed E-state index contributed by atoms with van der Waals surface area (Å²) in [7, 11) is 3.39. The second kappa shape index (κ2) is 4.41. The van der Waals surface area contributed by atoms with Gasteiger partial charge in [0.1, 0.15) is 11.5 Å². The Morgan fingerprint density at radius 1 is 0.947 bits per heavy atom. The zero-order valence-electron chi connectivity index (χ0n) is 11.7. The first kappa shape index (κ1) is 12.8. The van der Waals surface area contributed by atoms with Crippen LogP contribution in [0.4, 0.5) is 0 Å². The lowest BCUT2D eigenvalue weighted by Crippen LogP contribution is -2.48. The largest absolute Gasteiger partial charge is 0.497 e. The highest BCUT2D eigenvalue weighted by Gasteiger charge is 2.49. The molecule has 1 aromatic carbocycles. The molecule has 3 nitrogen and oxygen atoms in total. The molecule has 3 aliphatic rings. The molecule has 0 radical (unpaired) electrons. The molecular formula is C16H22O3. The molecule has 19 heavy (non-hydrogen) atoms. The fourth-order valence-electron chi connectivity index (χ4n) is 3.81. The van der Waals surface area contributed by atoms with Crippen LogP contribution in [0.5, 0.6) is 11.5 Å². The minimum atomic E-state index is -0.387. The molecule has 3 aliphatic carbocycles. The Morgan fingerprint density at radius 3 is 2.11 bits per heavy atom. The molecule has 104 valence electrons. The summed E-state index contributed by atoms with van der Waals surface area (Å²) in [6.07, 6.45) is 5.94. The molecule has 0 spiro atoms. The summed E-state index contributed by atoms with van der Waals surface area (Å²) in [6, 6.07) is 6.13. The van der Waals surface area contributed by atoms with Crippen molar-refractivity contribution in [2.75, 3.05) is 14.2 Å². The van der Waals surface area contributed by atoms with Crippen LogP contribution < -0.4 is 9.47 Å². The van der Waals surface area contributed by atoms with E-state index in [-0.39, 0.29) is 11.0 Å². The lowest BCUT2D eigenvalue weighted by atomic mass is 9.56. The van der Waals surface area contributed by atoms with Crippen LogP contribution in [0.1, 0.15) is 44.1 Å². The zero-order valence-corrected chi connectivity index (χ0v) is 11.7. The molecule has 0 amide bonds. The third-order valence-electron chi connectivity index (χ3n) is 5.19. The second-order valence-corrected chi connectivity index (χ2v) is 6.07. The standard InChI is InChI=1S/C16H22O3/c1-18-12-3-4-13(14(11-12)19-2)15-5-8-16(17,9-6-15)10-7-15/h3-4,11,17H,5-10H2,1-2H3. The number of rotatable bonds is 3. The number of methoxy groups -OCH3 is 2. The van der Waals surface area contributed by atoms with Crippen LogP contribution in [0.25, 0.3) is 0 Å². The summed E-state index contributed by atoms with van der Waals surface area (Å²) in [4.78, 5) is 0. The van der Waals surface area contributed by atoms with Gasteiger partial charge in [-0.2, -0.15) is 0 Å². The van der Waals surface area contributed by atoms with Gasteiger partial charge in [-0.1, -0.05) is 6.07 Å². The van der Waals surface area contributed by atoms with Crippen molar-refractivity contribution in [2.24, 2.45) is 0 Å². The molecule has 3 saturated carbocycles. The van der Waals surface area contributed by atoms with Crippen LogP contribution >= 0.6 is 0 Å². The molecule has 0 aromatic heterocycles. The third kappa shape index (κ3) is 2.00. The van der Waals surface area contributed by atoms with Gasteiger partial charge in [0.05, 0.1) is 19.8 Å². The lowest BCUT2D eigenvalue weighted by molar-refractivity contribution is -0.0664. The van der Waals surface area contributed by atoms with Gasteiger partial charge in [-0.3, -0.25) is 0 Å². The van der Waals surface area contributed by atoms with E-state index < -0.39 is 0 Å². The molecule has 3 fully saturated rings. The first-order valence-electron chi connectivity index (χ1n) is 7.06. The van der Waals surface area contributed by atoms with E-state index in [9.17, 15) is 5.11 Å². The van der Waals surface area contributed by atoms with Crippen molar-refractivity contribution in [3.8, 4) is 11.5 Å². The van der Waals surface area contributed by atoms with Crippen LogP contribution in [0.3, 0.4) is 0 Å². The van der Waals surface area contributed by atoms with Gasteiger partial charge >= 0.3 is 0 Å². The molecule has 1 aromatic rings. The van der Waals surface area contributed by atoms with E-state index in [1.807, 2.05) is 12.1 Å². The quantitative estimate of drug-likeness (QED) is 0.910. The van der Waals surface area contributed by atoms with E-state index in [1.54, 1.807) is 14.2 Å². The summed E-state index contributed by atoms with van der Waals surface area (Å²) in [5.41, 5.74) is 1.10. The Labute approximate surface area is 114 Å². The first-order chi connectivity index (χ1) is 9.11. The van der Waals surface area contributed by atoms with Crippen molar-refractivity contribution in [3.63, 3.8) is 0 Å². The van der Waals surface area contributed by atoms with Gasteiger partial charge in [-0.25, -0.2) is 0 Å². The Kier molecular flexibility index (Phi) is 2.97. The van der Waals surface area contributed by atoms with Gasteiger partial charge < -0.3 is 14.6 Å². The van der Waals surface area contributed by atoms with E-state index >= 15 is 0 Å². The minimum absolute atomic E-state index is 0.197. The zero-order chi connectivity index (χ0) is 13.5. The van der Waals surface area contributed by atoms with Crippen LogP contribution in [0.15, 0.2) is 18.2 Å². The van der Waals surface area contributed by atoms with Crippen molar-refractivity contribution >= 4 is 0 Å². The number of hydrogen-bond donors (Lipinski definition) is 1. The average molecular weight is 262 g/mol. The number of ether oxygens (including phenoxy) is 2. The van der Waals surface area contributed by atoms with E-state index in [4.69, 9.17) is 9.47 Å². The fourth-order valence-corrected chi connectivity index (χ4v) is 3.81. The van der Waals surface area contributed by atoms with E-state index in [0.717, 1.165) is 50.0 Å². The van der Waals surface area contributed by atoms with Gasteiger partial charge in [0.25, 0.3) is 0 Å². The van der Waals surface area contributed by atoms with Crippen molar-refractivity contribution in [2.45, 2.75) is 49.5 Å². The van der Waals surface area contributed by atoms with E-state index in [1.165, 1.54) is 5.56 Å². The summed E-state index contributed by atoms with van der Waals surface area (Å²) in [5.74, 6) is 1.76. The van der Waals surface area contributed by atoms with Gasteiger partial charge in [-0.05, 0) is 50.0 Å². The Bertz CT molecular complexity index is 456. The first-order valence-corrected chi connectivity index (χ1v) is 7.06. The third-order valence-corrected chi connectivity index (χ3v) is 5.19. The number of fused-ring (bicyclic) bond motifs is 3. The van der Waals surface area contributed by atoms with Crippen molar-refractivity contribution < 1.29 is 14.6 Å². The maximum atomic E-state index is 10.3. The molecule has 0 atom stereocenters. The smallest absolute Gasteiger partial charge is 0.126 e. The van der Waals surface area contributed by atoms with Crippen molar-refractivity contribution in [3.05, 3.63) is 23.8 Å². The average Bonchev–Trinajstić information content (AvgIpc) is 2.48. The molecule has 0 unspecified atom stereocenters. The van der Waals surface area contributed by atoms with Crippen molar-refractivity contribution in [1.82, 2.24) is 0 Å². The predicted octanol–water partition coefficient (Wildman–Crippen LogP) is 3.04. The Hall–Kier alpha value is -1.22. The van der Waals surface area contributed by atoms with Crippen LogP contribution in [-0.2, 0) is 5.41 Å². The highest BCUT2D eigenvalue weighted by Crippen LogP contribution is 2.55. The van der Waals surface area contributed by atoms with Crippen LogP contribution in [-0.4, -0.2) is 24.9 Å². The highest BCUT2D eigenvalue weighted by atomic mass is 16.5. The summed E-state index contributed by atoms with van der Waals surface area (Å²) in [6.45, 7) is 0. The number of hydrogen-bond acceptors (Lipinski definition) is 3. The highest BCUT2D eigenvalue weighted by molar-refractivity contribution is 5.46. The van der Waals surface area contributed by atoms with Crippen LogP contribution in [0.2, 0.25) is 0 Å². The summed E-state index contributed by atoms with van der Waals surface area (Å²) < 4.78 is 10.8. The molecule has 2 bridgehead atoms. The van der Waals surface area contributed by atoms with E-state index in [0.29, 0.717) is 0 Å². The van der Waals surface area contributed by atoms with Gasteiger partial charge in [0, 0.05) is 11.6 Å². The molecular weight excluding hydrogens is 240 g/mol. The predicted molar refractivity (Wildman–Crippen MR) is 73.9 cm³/mol. The molecule has 0 aliphatic heterocycles. The molecule has 4 rings (SSSR count). The normalized spacial score (nSPS) is 33.2. The Balaban J connectivity index is 1.98. The molecule has 0 saturated heterocycles. The number of aliphatic hydroxyl groups is 1. The lowest BCUT2D eigenvalue weighted by Gasteiger charge is -2.51.